The summed E-state index contributed by atoms with van der Waals surface area (Å²) >= 11 is 0. The molecule has 1 N–H and O–H groups in total. The van der Waals surface area contributed by atoms with Gasteiger partial charge in [0.15, 0.2) is 0 Å². The highest BCUT2D eigenvalue weighted by molar-refractivity contribution is 5.86. The second kappa shape index (κ2) is 10.7. The molecule has 3 aromatic rings. The molecule has 0 amide bonds. The van der Waals surface area contributed by atoms with Gasteiger partial charge in [-0.1, -0.05) is 30.3 Å². The van der Waals surface area contributed by atoms with E-state index >= 15 is 0 Å². The molecule has 4 rings (SSSR count). The first kappa shape index (κ1) is 22.4. The maximum atomic E-state index is 10.9. The summed E-state index contributed by atoms with van der Waals surface area (Å²) in [6.07, 6.45) is 10.9. The maximum absolute atomic E-state index is 10.9. The molecule has 0 aliphatic carbocycles. The van der Waals surface area contributed by atoms with Crippen molar-refractivity contribution in [2.45, 2.75) is 31.9 Å². The van der Waals surface area contributed by atoms with Crippen molar-refractivity contribution in [2.24, 2.45) is 0 Å². The Labute approximate surface area is 187 Å². The lowest BCUT2D eigenvalue weighted by Crippen LogP contribution is -2.24. The van der Waals surface area contributed by atoms with Crippen molar-refractivity contribution in [2.75, 3.05) is 6.61 Å². The molecule has 1 unspecified atom stereocenters. The summed E-state index contributed by atoms with van der Waals surface area (Å²) < 4.78 is 14.1. The fourth-order valence-corrected chi connectivity index (χ4v) is 3.58. The number of ether oxygens (including phenoxy) is 2. The quantitative estimate of drug-likeness (QED) is 0.517. The van der Waals surface area contributed by atoms with E-state index in [1.165, 1.54) is 5.56 Å². The Balaban J connectivity index is 0.00000272. The van der Waals surface area contributed by atoms with Crippen molar-refractivity contribution in [1.29, 1.82) is 0 Å². The van der Waals surface area contributed by atoms with Crippen LogP contribution in [0.15, 0.2) is 67.3 Å². The highest BCUT2D eigenvalue weighted by Crippen LogP contribution is 2.29. The third-order valence-electron chi connectivity index (χ3n) is 5.11. The van der Waals surface area contributed by atoms with E-state index in [0.717, 1.165) is 42.2 Å². The van der Waals surface area contributed by atoms with Crippen LogP contribution in [-0.2, 0) is 17.8 Å². The fourth-order valence-electron chi connectivity index (χ4n) is 3.58. The molecule has 1 aliphatic heterocycles. The molecule has 6 nitrogen and oxygen atoms in total. The molecule has 0 spiro atoms. The molecule has 7 heteroatoms. The molecule has 0 radical (unpaired) electrons. The van der Waals surface area contributed by atoms with Gasteiger partial charge >= 0.3 is 5.97 Å². The van der Waals surface area contributed by atoms with E-state index in [4.69, 9.17) is 14.6 Å². The maximum Gasteiger partial charge on any atom is 0.328 e. The summed E-state index contributed by atoms with van der Waals surface area (Å²) in [7, 11) is 0. The number of carboxylic acids is 1. The number of fused-ring (bicyclic) bond motifs is 1. The second-order valence-electron chi connectivity index (χ2n) is 7.30. The van der Waals surface area contributed by atoms with E-state index in [1.54, 1.807) is 18.6 Å². The molecule has 0 fully saturated rings. The number of aryl methyl sites for hydroxylation is 1. The van der Waals surface area contributed by atoms with Crippen LogP contribution >= 0.6 is 12.4 Å². The average molecular weight is 441 g/mol. The summed E-state index contributed by atoms with van der Waals surface area (Å²) in [5.41, 5.74) is 3.04. The zero-order valence-corrected chi connectivity index (χ0v) is 17.8. The van der Waals surface area contributed by atoms with Gasteiger partial charge in [-0.2, -0.15) is 0 Å². The van der Waals surface area contributed by atoms with Gasteiger partial charge in [0.2, 0.25) is 0 Å². The molecule has 2 aromatic carbocycles. The fraction of sp³-hybridized carbons (Fsp3) is 0.250. The second-order valence-corrected chi connectivity index (χ2v) is 7.30. The number of para-hydroxylation sites is 1. The van der Waals surface area contributed by atoms with Crippen LogP contribution in [-0.4, -0.2) is 33.3 Å². The van der Waals surface area contributed by atoms with Crippen LogP contribution in [0, 0.1) is 0 Å². The lowest BCUT2D eigenvalue weighted by atomic mass is 10.0. The van der Waals surface area contributed by atoms with Crippen molar-refractivity contribution in [3.05, 3.63) is 84.0 Å². The minimum absolute atomic E-state index is 0. The summed E-state index contributed by atoms with van der Waals surface area (Å²) in [5, 5.41) is 8.96. The molecule has 162 valence electrons. The summed E-state index contributed by atoms with van der Waals surface area (Å²) in [5.74, 6) is 0.639. The lowest BCUT2D eigenvalue weighted by Gasteiger charge is -2.26. The van der Waals surface area contributed by atoms with Crippen molar-refractivity contribution in [3.8, 4) is 11.5 Å². The van der Waals surface area contributed by atoms with Crippen LogP contribution < -0.4 is 9.47 Å². The smallest absolute Gasteiger partial charge is 0.328 e. The summed E-state index contributed by atoms with van der Waals surface area (Å²) in [6.45, 7) is 1.16. The molecule has 2 heterocycles. The zero-order valence-electron chi connectivity index (χ0n) is 17.0. The SMILES string of the molecule is Cl.O=C(O)C=Cc1ccc(Cn2ccnc2)cc1OCCC1CCc2ccccc2O1. The highest BCUT2D eigenvalue weighted by atomic mass is 35.5. The van der Waals surface area contributed by atoms with Gasteiger partial charge in [0.1, 0.15) is 17.6 Å². The van der Waals surface area contributed by atoms with Crippen LogP contribution in [0.25, 0.3) is 6.08 Å². The molecule has 0 saturated heterocycles. The first-order chi connectivity index (χ1) is 14.7. The van der Waals surface area contributed by atoms with Gasteiger partial charge in [0.25, 0.3) is 0 Å². The number of aromatic nitrogens is 2. The van der Waals surface area contributed by atoms with E-state index < -0.39 is 5.97 Å². The van der Waals surface area contributed by atoms with Gasteiger partial charge in [-0.15, -0.1) is 12.4 Å². The predicted octanol–water partition coefficient (Wildman–Crippen LogP) is 4.61. The van der Waals surface area contributed by atoms with E-state index in [9.17, 15) is 4.79 Å². The van der Waals surface area contributed by atoms with Gasteiger partial charge < -0.3 is 19.1 Å². The Kier molecular flexibility index (Phi) is 7.73. The molecule has 1 aliphatic rings. The molecular formula is C24H25ClN2O4. The van der Waals surface area contributed by atoms with Crippen molar-refractivity contribution < 1.29 is 19.4 Å². The van der Waals surface area contributed by atoms with Gasteiger partial charge in [0.05, 0.1) is 12.9 Å². The number of hydrogen-bond acceptors (Lipinski definition) is 4. The average Bonchev–Trinajstić information content (AvgIpc) is 3.26. The van der Waals surface area contributed by atoms with Crippen molar-refractivity contribution >= 4 is 24.5 Å². The van der Waals surface area contributed by atoms with E-state index in [2.05, 4.69) is 11.1 Å². The van der Waals surface area contributed by atoms with E-state index in [1.807, 2.05) is 47.2 Å². The normalized spacial score (nSPS) is 15.0. The van der Waals surface area contributed by atoms with Gasteiger partial charge in [-0.25, -0.2) is 9.78 Å². The van der Waals surface area contributed by atoms with E-state index in [0.29, 0.717) is 18.9 Å². The summed E-state index contributed by atoms with van der Waals surface area (Å²) in [6, 6.07) is 14.0. The van der Waals surface area contributed by atoms with E-state index in [-0.39, 0.29) is 18.5 Å². The Bertz CT molecular complexity index is 1030. The molecule has 0 saturated carbocycles. The third kappa shape index (κ3) is 6.12. The zero-order chi connectivity index (χ0) is 20.8. The van der Waals surface area contributed by atoms with Gasteiger partial charge in [-0.3, -0.25) is 0 Å². The predicted molar refractivity (Wildman–Crippen MR) is 121 cm³/mol. The van der Waals surface area contributed by atoms with Crippen molar-refractivity contribution in [3.63, 3.8) is 0 Å². The van der Waals surface area contributed by atoms with Crippen molar-refractivity contribution in [1.82, 2.24) is 9.55 Å². The third-order valence-corrected chi connectivity index (χ3v) is 5.11. The number of nitrogens with zero attached hydrogens (tertiary/aromatic N) is 2. The highest BCUT2D eigenvalue weighted by Gasteiger charge is 2.19. The molecule has 0 bridgehead atoms. The number of benzene rings is 2. The number of rotatable bonds is 8. The Hall–Kier alpha value is -3.25. The number of carboxylic acid groups (broad SMARTS) is 1. The summed E-state index contributed by atoms with van der Waals surface area (Å²) in [4.78, 5) is 15.0. The largest absolute Gasteiger partial charge is 0.493 e. The standard InChI is InChI=1S/C24H24N2O4.ClH/c27-24(28)10-8-20-6-5-18(16-26-13-12-25-17-26)15-23(20)29-14-11-21-9-7-19-3-1-2-4-22(19)30-21;/h1-6,8,10,12-13,15,17,21H,7,9,11,14,16H2,(H,27,28);1H. The van der Waals surface area contributed by atoms with Gasteiger partial charge in [-0.05, 0) is 42.2 Å². The number of hydrogen-bond donors (Lipinski definition) is 1. The Morgan fingerprint density at radius 3 is 2.97 bits per heavy atom. The first-order valence-corrected chi connectivity index (χ1v) is 10.0. The Morgan fingerprint density at radius 1 is 1.29 bits per heavy atom. The minimum atomic E-state index is -0.988. The van der Waals surface area contributed by atoms with Crippen LogP contribution in [0.4, 0.5) is 0 Å². The molecular weight excluding hydrogens is 416 g/mol. The number of halogens is 1. The van der Waals surface area contributed by atoms with Gasteiger partial charge in [0, 0.05) is 37.0 Å². The lowest BCUT2D eigenvalue weighted by molar-refractivity contribution is -0.131. The molecule has 1 aromatic heterocycles. The molecule has 31 heavy (non-hydrogen) atoms. The monoisotopic (exact) mass is 440 g/mol. The van der Waals surface area contributed by atoms with Crippen LogP contribution in [0.1, 0.15) is 29.5 Å². The van der Waals surface area contributed by atoms with Crippen LogP contribution in [0.5, 0.6) is 11.5 Å². The number of carbonyl (C=O) groups is 1. The number of aliphatic carboxylic acids is 1. The molecule has 1 atom stereocenters. The first-order valence-electron chi connectivity index (χ1n) is 10.0. The Morgan fingerprint density at radius 2 is 2.16 bits per heavy atom. The number of imidazole rings is 1. The minimum Gasteiger partial charge on any atom is -0.493 e. The van der Waals surface area contributed by atoms with Crippen LogP contribution in [0.3, 0.4) is 0 Å². The van der Waals surface area contributed by atoms with Crippen LogP contribution in [0.2, 0.25) is 0 Å². The topological polar surface area (TPSA) is 73.6 Å².